The third-order valence-electron chi connectivity index (χ3n) is 5.30. The Morgan fingerprint density at radius 3 is 2.80 bits per heavy atom. The molecule has 30 heavy (non-hydrogen) atoms. The number of methoxy groups -OCH3 is 2. The first-order valence-electron chi connectivity index (χ1n) is 10.4. The van der Waals surface area contributed by atoms with E-state index in [1.165, 1.54) is 5.69 Å². The van der Waals surface area contributed by atoms with Crippen LogP contribution in [0.2, 0.25) is 0 Å². The van der Waals surface area contributed by atoms with E-state index in [1.54, 1.807) is 14.2 Å². The van der Waals surface area contributed by atoms with Crippen molar-refractivity contribution in [3.63, 3.8) is 0 Å². The molecule has 0 aliphatic carbocycles. The van der Waals surface area contributed by atoms with Crippen LogP contribution in [0.4, 0.5) is 0 Å². The number of aryl methyl sites for hydroxylation is 1. The fourth-order valence-corrected chi connectivity index (χ4v) is 3.78. The summed E-state index contributed by atoms with van der Waals surface area (Å²) >= 11 is 0. The Morgan fingerprint density at radius 1 is 1.30 bits per heavy atom. The standard InChI is InChI=1S/C22H34N4O3.HI/c1-5-23-22(26(2)14-16-8-10-29-15-16)24-9-6-7-17-11-19-20(25-17)12-18(27-3)13-21(19)28-4;/h11-13,16,25H,5-10,14-15H2,1-4H3,(H,23,24);1H. The van der Waals surface area contributed by atoms with Crippen LogP contribution >= 0.6 is 24.0 Å². The second-order valence-electron chi connectivity index (χ2n) is 7.53. The summed E-state index contributed by atoms with van der Waals surface area (Å²) in [7, 11) is 5.46. The maximum Gasteiger partial charge on any atom is 0.193 e. The molecule has 2 heterocycles. The third-order valence-corrected chi connectivity index (χ3v) is 5.30. The Labute approximate surface area is 196 Å². The minimum atomic E-state index is 0. The molecule has 7 nitrogen and oxygen atoms in total. The van der Waals surface area contributed by atoms with Gasteiger partial charge in [0, 0.05) is 62.4 Å². The van der Waals surface area contributed by atoms with E-state index in [2.05, 4.69) is 35.2 Å². The van der Waals surface area contributed by atoms with Gasteiger partial charge in [-0.1, -0.05) is 0 Å². The second-order valence-corrected chi connectivity index (χ2v) is 7.53. The summed E-state index contributed by atoms with van der Waals surface area (Å²) in [6.45, 7) is 6.48. The average molecular weight is 530 g/mol. The number of hydrogen-bond acceptors (Lipinski definition) is 4. The van der Waals surface area contributed by atoms with Gasteiger partial charge in [0.2, 0.25) is 0 Å². The molecule has 0 saturated carbocycles. The molecule has 1 aliphatic rings. The molecule has 1 fully saturated rings. The smallest absolute Gasteiger partial charge is 0.193 e. The van der Waals surface area contributed by atoms with Crippen LogP contribution in [-0.4, -0.2) is 70.0 Å². The number of nitrogens with one attached hydrogen (secondary N) is 2. The fourth-order valence-electron chi connectivity index (χ4n) is 3.78. The van der Waals surface area contributed by atoms with E-state index in [0.29, 0.717) is 5.92 Å². The number of ether oxygens (including phenoxy) is 3. The maximum atomic E-state index is 5.50. The van der Waals surface area contributed by atoms with Gasteiger partial charge in [-0.25, -0.2) is 0 Å². The van der Waals surface area contributed by atoms with Gasteiger partial charge in [0.15, 0.2) is 5.96 Å². The van der Waals surface area contributed by atoms with E-state index in [4.69, 9.17) is 19.2 Å². The van der Waals surface area contributed by atoms with Crippen molar-refractivity contribution in [2.45, 2.75) is 26.2 Å². The molecule has 1 aliphatic heterocycles. The monoisotopic (exact) mass is 530 g/mol. The summed E-state index contributed by atoms with van der Waals surface area (Å²) in [5.74, 6) is 3.19. The summed E-state index contributed by atoms with van der Waals surface area (Å²) in [5, 5.41) is 4.48. The largest absolute Gasteiger partial charge is 0.497 e. The molecule has 1 unspecified atom stereocenters. The average Bonchev–Trinajstić information content (AvgIpc) is 3.38. The number of nitrogens with zero attached hydrogens (tertiary/aromatic N) is 2. The number of hydrogen-bond donors (Lipinski definition) is 2. The zero-order valence-corrected chi connectivity index (χ0v) is 20.8. The lowest BCUT2D eigenvalue weighted by atomic mass is 10.1. The highest BCUT2D eigenvalue weighted by atomic mass is 127. The van der Waals surface area contributed by atoms with Crippen LogP contribution in [0.1, 0.15) is 25.5 Å². The Hall–Kier alpha value is -1.68. The maximum absolute atomic E-state index is 5.50. The molecule has 0 spiro atoms. The number of H-pyrrole nitrogens is 1. The van der Waals surface area contributed by atoms with Gasteiger partial charge in [-0.15, -0.1) is 24.0 Å². The first kappa shape index (κ1) is 24.6. The Bertz CT molecular complexity index is 818. The molecule has 1 atom stereocenters. The number of benzene rings is 1. The van der Waals surface area contributed by atoms with Crippen LogP contribution in [-0.2, 0) is 11.2 Å². The van der Waals surface area contributed by atoms with Crippen LogP contribution < -0.4 is 14.8 Å². The minimum absolute atomic E-state index is 0. The van der Waals surface area contributed by atoms with Crippen molar-refractivity contribution in [1.82, 2.24) is 15.2 Å². The number of halogens is 1. The first-order chi connectivity index (χ1) is 14.1. The molecule has 3 rings (SSSR count). The van der Waals surface area contributed by atoms with Crippen LogP contribution in [0.25, 0.3) is 10.9 Å². The van der Waals surface area contributed by atoms with E-state index in [9.17, 15) is 0 Å². The lowest BCUT2D eigenvalue weighted by Crippen LogP contribution is -2.41. The molecule has 0 amide bonds. The van der Waals surface area contributed by atoms with E-state index in [-0.39, 0.29) is 24.0 Å². The Kier molecular flexibility index (Phi) is 10.0. The van der Waals surface area contributed by atoms with Crippen LogP contribution in [0.15, 0.2) is 23.2 Å². The molecule has 1 saturated heterocycles. The van der Waals surface area contributed by atoms with Crippen molar-refractivity contribution < 1.29 is 14.2 Å². The molecule has 0 radical (unpaired) electrons. The number of aliphatic imine (C=N–C) groups is 1. The van der Waals surface area contributed by atoms with Crippen LogP contribution in [0.3, 0.4) is 0 Å². The molecule has 2 N–H and O–H groups in total. The molecule has 0 bridgehead atoms. The third kappa shape index (κ3) is 6.41. The molecule has 2 aromatic rings. The van der Waals surface area contributed by atoms with Gasteiger partial charge >= 0.3 is 0 Å². The topological polar surface area (TPSA) is 71.1 Å². The molecule has 1 aromatic heterocycles. The highest BCUT2D eigenvalue weighted by molar-refractivity contribution is 14.0. The van der Waals surface area contributed by atoms with Gasteiger partial charge in [0.25, 0.3) is 0 Å². The highest BCUT2D eigenvalue weighted by Crippen LogP contribution is 2.31. The normalized spacial score (nSPS) is 16.4. The zero-order chi connectivity index (χ0) is 20.6. The fraction of sp³-hybridized carbons (Fsp3) is 0.591. The number of fused-ring (bicyclic) bond motifs is 1. The predicted molar refractivity (Wildman–Crippen MR) is 133 cm³/mol. The van der Waals surface area contributed by atoms with E-state index >= 15 is 0 Å². The summed E-state index contributed by atoms with van der Waals surface area (Å²) in [6.07, 6.45) is 3.04. The summed E-state index contributed by atoms with van der Waals surface area (Å²) in [4.78, 5) is 10.5. The SMILES string of the molecule is CCNC(=NCCCc1cc2c(OC)cc(OC)cc2[nH]1)N(C)CC1CCOC1.I. The highest BCUT2D eigenvalue weighted by Gasteiger charge is 2.19. The van der Waals surface area contributed by atoms with Crippen molar-refractivity contribution >= 4 is 40.8 Å². The van der Waals surface area contributed by atoms with Gasteiger partial charge < -0.3 is 29.4 Å². The molecule has 168 valence electrons. The lowest BCUT2D eigenvalue weighted by Gasteiger charge is -2.24. The zero-order valence-electron chi connectivity index (χ0n) is 18.5. The van der Waals surface area contributed by atoms with Crippen molar-refractivity contribution in [3.8, 4) is 11.5 Å². The van der Waals surface area contributed by atoms with Crippen molar-refractivity contribution in [2.75, 3.05) is 54.1 Å². The number of guanidine groups is 1. The summed E-state index contributed by atoms with van der Waals surface area (Å²) in [6, 6.07) is 6.08. The molecular formula is C22H35IN4O3. The van der Waals surface area contributed by atoms with Crippen molar-refractivity contribution in [3.05, 3.63) is 23.9 Å². The predicted octanol–water partition coefficient (Wildman–Crippen LogP) is 3.67. The number of aromatic nitrogens is 1. The van der Waals surface area contributed by atoms with Crippen molar-refractivity contribution in [1.29, 1.82) is 0 Å². The molecule has 8 heteroatoms. The van der Waals surface area contributed by atoms with E-state index in [0.717, 1.165) is 80.5 Å². The van der Waals surface area contributed by atoms with Gasteiger partial charge in [-0.05, 0) is 32.3 Å². The lowest BCUT2D eigenvalue weighted by molar-refractivity contribution is 0.181. The van der Waals surface area contributed by atoms with E-state index < -0.39 is 0 Å². The Balaban J connectivity index is 0.00000320. The quantitative estimate of drug-likeness (QED) is 0.224. The molecular weight excluding hydrogens is 495 g/mol. The van der Waals surface area contributed by atoms with E-state index in [1.807, 2.05) is 12.1 Å². The van der Waals surface area contributed by atoms with Gasteiger partial charge in [-0.2, -0.15) is 0 Å². The second kappa shape index (κ2) is 12.2. The summed E-state index contributed by atoms with van der Waals surface area (Å²) < 4.78 is 16.4. The van der Waals surface area contributed by atoms with Crippen molar-refractivity contribution in [2.24, 2.45) is 10.9 Å². The van der Waals surface area contributed by atoms with Gasteiger partial charge in [-0.3, -0.25) is 4.99 Å². The number of aromatic amines is 1. The number of rotatable bonds is 9. The Morgan fingerprint density at radius 2 is 2.13 bits per heavy atom. The van der Waals surface area contributed by atoms with Crippen LogP contribution in [0.5, 0.6) is 11.5 Å². The minimum Gasteiger partial charge on any atom is -0.497 e. The summed E-state index contributed by atoms with van der Waals surface area (Å²) in [5.41, 5.74) is 2.22. The van der Waals surface area contributed by atoms with Gasteiger partial charge in [0.05, 0.1) is 26.3 Å². The first-order valence-corrected chi connectivity index (χ1v) is 10.4. The van der Waals surface area contributed by atoms with Gasteiger partial charge in [0.1, 0.15) is 11.5 Å². The van der Waals surface area contributed by atoms with Crippen LogP contribution in [0, 0.1) is 5.92 Å². The molecule has 1 aromatic carbocycles.